The standard InChI is InChI=1S/C16H19N3O2/c1-10-11(2)16(21)19(15(10)20)14-9-13(18(3)17-14)12-7-5-4-6-8-12/h4-8,13-14,17H,9H2,1-3H3. The molecule has 2 aliphatic heterocycles. The Morgan fingerprint density at radius 2 is 1.62 bits per heavy atom. The molecule has 110 valence electrons. The molecular weight excluding hydrogens is 266 g/mol. The molecule has 5 nitrogen and oxygen atoms in total. The van der Waals surface area contributed by atoms with Gasteiger partial charge in [0.15, 0.2) is 0 Å². The first-order valence-corrected chi connectivity index (χ1v) is 7.10. The Kier molecular flexibility index (Phi) is 3.39. The Balaban J connectivity index is 1.82. The zero-order valence-electron chi connectivity index (χ0n) is 12.5. The van der Waals surface area contributed by atoms with Crippen molar-refractivity contribution in [1.29, 1.82) is 0 Å². The second-order valence-corrected chi connectivity index (χ2v) is 5.65. The van der Waals surface area contributed by atoms with Gasteiger partial charge in [-0.3, -0.25) is 14.5 Å². The Hall–Kier alpha value is -1.98. The number of benzene rings is 1. The molecule has 1 N–H and O–H groups in total. The van der Waals surface area contributed by atoms with E-state index in [2.05, 4.69) is 17.6 Å². The third-order valence-corrected chi connectivity index (χ3v) is 4.40. The third-order valence-electron chi connectivity index (χ3n) is 4.40. The molecule has 2 amide bonds. The highest BCUT2D eigenvalue weighted by Crippen LogP contribution is 2.32. The Labute approximate surface area is 124 Å². The van der Waals surface area contributed by atoms with Crippen LogP contribution in [0.3, 0.4) is 0 Å². The van der Waals surface area contributed by atoms with Crippen LogP contribution < -0.4 is 5.43 Å². The van der Waals surface area contributed by atoms with Gasteiger partial charge in [-0.25, -0.2) is 10.4 Å². The van der Waals surface area contributed by atoms with Gasteiger partial charge in [-0.1, -0.05) is 30.3 Å². The van der Waals surface area contributed by atoms with Gasteiger partial charge in [0, 0.05) is 24.6 Å². The van der Waals surface area contributed by atoms with Gasteiger partial charge in [-0.2, -0.15) is 0 Å². The van der Waals surface area contributed by atoms with Crippen molar-refractivity contribution in [1.82, 2.24) is 15.3 Å². The van der Waals surface area contributed by atoms with Crippen molar-refractivity contribution in [2.45, 2.75) is 32.5 Å². The van der Waals surface area contributed by atoms with Crippen LogP contribution in [-0.2, 0) is 9.59 Å². The van der Waals surface area contributed by atoms with Gasteiger partial charge in [-0.15, -0.1) is 0 Å². The lowest BCUT2D eigenvalue weighted by Gasteiger charge is -2.23. The molecule has 0 aromatic heterocycles. The lowest BCUT2D eigenvalue weighted by atomic mass is 10.0. The molecule has 0 saturated carbocycles. The lowest BCUT2D eigenvalue weighted by molar-refractivity contribution is -0.141. The summed E-state index contributed by atoms with van der Waals surface area (Å²) in [5.74, 6) is -0.366. The van der Waals surface area contributed by atoms with E-state index < -0.39 is 0 Å². The fraction of sp³-hybridized carbons (Fsp3) is 0.375. The summed E-state index contributed by atoms with van der Waals surface area (Å²) < 4.78 is 0. The van der Waals surface area contributed by atoms with Crippen molar-refractivity contribution in [2.24, 2.45) is 0 Å². The van der Waals surface area contributed by atoms with E-state index >= 15 is 0 Å². The summed E-state index contributed by atoms with van der Waals surface area (Å²) in [6, 6.07) is 10.3. The van der Waals surface area contributed by atoms with Gasteiger partial charge in [0.1, 0.15) is 6.17 Å². The monoisotopic (exact) mass is 285 g/mol. The number of amides is 2. The van der Waals surface area contributed by atoms with Crippen LogP contribution in [0.2, 0.25) is 0 Å². The second-order valence-electron chi connectivity index (χ2n) is 5.65. The molecule has 3 rings (SSSR count). The molecule has 0 aliphatic carbocycles. The van der Waals surface area contributed by atoms with Gasteiger partial charge >= 0.3 is 0 Å². The molecule has 1 fully saturated rings. The van der Waals surface area contributed by atoms with Crippen molar-refractivity contribution in [3.05, 3.63) is 47.0 Å². The normalized spacial score (nSPS) is 27.1. The molecule has 0 bridgehead atoms. The molecule has 21 heavy (non-hydrogen) atoms. The maximum Gasteiger partial charge on any atom is 0.258 e. The predicted molar refractivity (Wildman–Crippen MR) is 78.7 cm³/mol. The molecule has 1 aromatic rings. The van der Waals surface area contributed by atoms with E-state index in [9.17, 15) is 9.59 Å². The summed E-state index contributed by atoms with van der Waals surface area (Å²) in [6.45, 7) is 3.42. The van der Waals surface area contributed by atoms with Gasteiger partial charge in [0.2, 0.25) is 0 Å². The van der Waals surface area contributed by atoms with Crippen LogP contribution in [0.15, 0.2) is 41.5 Å². The van der Waals surface area contributed by atoms with Crippen molar-refractivity contribution in [2.75, 3.05) is 7.05 Å². The number of rotatable bonds is 2. The van der Waals surface area contributed by atoms with Crippen molar-refractivity contribution in [3.63, 3.8) is 0 Å². The molecule has 2 atom stereocenters. The van der Waals surface area contributed by atoms with Crippen molar-refractivity contribution < 1.29 is 9.59 Å². The van der Waals surface area contributed by atoms with Crippen LogP contribution in [-0.4, -0.2) is 34.9 Å². The minimum Gasteiger partial charge on any atom is -0.269 e. The van der Waals surface area contributed by atoms with Gasteiger partial charge in [-0.05, 0) is 19.4 Å². The van der Waals surface area contributed by atoms with E-state index in [1.165, 1.54) is 10.5 Å². The Morgan fingerprint density at radius 1 is 1.05 bits per heavy atom. The second kappa shape index (κ2) is 5.09. The van der Waals surface area contributed by atoms with Crippen molar-refractivity contribution >= 4 is 11.8 Å². The minimum absolute atomic E-state index is 0.151. The molecule has 0 spiro atoms. The summed E-state index contributed by atoms with van der Waals surface area (Å²) in [6.07, 6.45) is 0.408. The first kappa shape index (κ1) is 14.0. The van der Waals surface area contributed by atoms with E-state index in [1.54, 1.807) is 13.8 Å². The molecule has 1 aromatic carbocycles. The molecule has 2 heterocycles. The summed E-state index contributed by atoms with van der Waals surface area (Å²) >= 11 is 0. The smallest absolute Gasteiger partial charge is 0.258 e. The number of carbonyl (C=O) groups is 2. The number of hydrogen-bond donors (Lipinski definition) is 1. The maximum atomic E-state index is 12.3. The topological polar surface area (TPSA) is 52.7 Å². The lowest BCUT2D eigenvalue weighted by Crippen LogP contribution is -2.48. The van der Waals surface area contributed by atoms with Crippen LogP contribution in [0.1, 0.15) is 31.9 Å². The number of hydrogen-bond acceptors (Lipinski definition) is 4. The van der Waals surface area contributed by atoms with Crippen LogP contribution in [0, 0.1) is 0 Å². The zero-order chi connectivity index (χ0) is 15.1. The van der Waals surface area contributed by atoms with Crippen LogP contribution in [0.25, 0.3) is 0 Å². The van der Waals surface area contributed by atoms with E-state index in [0.717, 1.165) is 0 Å². The number of nitrogens with one attached hydrogen (secondary N) is 1. The number of imide groups is 1. The first-order valence-electron chi connectivity index (χ1n) is 7.10. The molecular formula is C16H19N3O2. The fourth-order valence-corrected chi connectivity index (χ4v) is 3.00. The van der Waals surface area contributed by atoms with Crippen LogP contribution in [0.5, 0.6) is 0 Å². The average Bonchev–Trinajstić information content (AvgIpc) is 2.95. The highest BCUT2D eigenvalue weighted by atomic mass is 16.2. The predicted octanol–water partition coefficient (Wildman–Crippen LogP) is 1.60. The summed E-state index contributed by atoms with van der Waals surface area (Å²) in [4.78, 5) is 25.9. The summed E-state index contributed by atoms with van der Waals surface area (Å²) in [5, 5.41) is 1.98. The number of carbonyl (C=O) groups excluding carboxylic acids is 2. The molecule has 2 aliphatic rings. The SMILES string of the molecule is CC1=C(C)C(=O)N(C2CC(c3ccccc3)N(C)N2)C1=O. The van der Waals surface area contributed by atoms with E-state index in [4.69, 9.17) is 0 Å². The third kappa shape index (κ3) is 2.18. The number of hydrazine groups is 1. The molecule has 2 unspecified atom stereocenters. The van der Waals surface area contributed by atoms with Gasteiger partial charge in [0.05, 0.1) is 6.04 Å². The van der Waals surface area contributed by atoms with E-state index in [1.807, 2.05) is 30.3 Å². The molecule has 0 radical (unpaired) electrons. The van der Waals surface area contributed by atoms with Crippen molar-refractivity contribution in [3.8, 4) is 0 Å². The average molecular weight is 285 g/mol. The van der Waals surface area contributed by atoms with Gasteiger partial charge < -0.3 is 0 Å². The highest BCUT2D eigenvalue weighted by Gasteiger charge is 2.43. The summed E-state index contributed by atoms with van der Waals surface area (Å²) in [7, 11) is 1.94. The fourth-order valence-electron chi connectivity index (χ4n) is 3.00. The van der Waals surface area contributed by atoms with E-state index in [0.29, 0.717) is 17.6 Å². The highest BCUT2D eigenvalue weighted by molar-refractivity contribution is 6.18. The molecule has 5 heteroatoms. The minimum atomic E-state index is -0.285. The van der Waals surface area contributed by atoms with E-state index in [-0.39, 0.29) is 24.0 Å². The number of nitrogens with zero attached hydrogens (tertiary/aromatic N) is 2. The van der Waals surface area contributed by atoms with Crippen LogP contribution >= 0.6 is 0 Å². The largest absolute Gasteiger partial charge is 0.269 e. The first-order chi connectivity index (χ1) is 10.0. The maximum absolute atomic E-state index is 12.3. The summed E-state index contributed by atoms with van der Waals surface area (Å²) in [5.41, 5.74) is 5.51. The quantitative estimate of drug-likeness (QED) is 0.839. The van der Waals surface area contributed by atoms with Crippen LogP contribution in [0.4, 0.5) is 0 Å². The molecule has 1 saturated heterocycles. The Bertz CT molecular complexity index is 600. The zero-order valence-corrected chi connectivity index (χ0v) is 12.5. The Morgan fingerprint density at radius 3 is 2.19 bits per heavy atom. The van der Waals surface area contributed by atoms with Gasteiger partial charge in [0.25, 0.3) is 11.8 Å².